The van der Waals surface area contributed by atoms with Crippen LogP contribution in [0.15, 0.2) is 73.1 Å². The van der Waals surface area contributed by atoms with Gasteiger partial charge in [-0.3, -0.25) is 0 Å². The van der Waals surface area contributed by atoms with Crippen LogP contribution in [0.1, 0.15) is 16.7 Å². The molecule has 0 amide bonds. The lowest BCUT2D eigenvalue weighted by molar-refractivity contribution is 0.00546. The summed E-state index contributed by atoms with van der Waals surface area (Å²) in [6.07, 6.45) is 0.640. The zero-order valence-electron chi connectivity index (χ0n) is 19.2. The predicted molar refractivity (Wildman–Crippen MR) is 129 cm³/mol. The Hall–Kier alpha value is -3.81. The number of ether oxygens (including phenoxy) is 2. The third kappa shape index (κ3) is 5.95. The standard InChI is InChI=1S/C27H27N3O4/c1-18-8-10-23(19(2)12-18)26-28-17-29-27(30-26)24-11-9-22(13-25(24)32)34-16-21(31)15-33-14-20-6-4-3-5-7-20/h3-13,17,21,31-32H,14-16H2,1-2H3. The molecule has 0 aliphatic heterocycles. The number of phenols is 1. The van der Waals surface area contributed by atoms with Gasteiger partial charge < -0.3 is 19.7 Å². The van der Waals surface area contributed by atoms with Crippen LogP contribution in [0, 0.1) is 13.8 Å². The maximum atomic E-state index is 10.6. The van der Waals surface area contributed by atoms with Gasteiger partial charge in [-0.25, -0.2) is 15.0 Å². The Bertz CT molecular complexity index is 1250. The Kier molecular flexibility index (Phi) is 7.47. The summed E-state index contributed by atoms with van der Waals surface area (Å²) in [5.41, 5.74) is 4.65. The van der Waals surface area contributed by atoms with Gasteiger partial charge in [0.2, 0.25) is 0 Å². The SMILES string of the molecule is Cc1ccc(-c2ncnc(-c3ccc(OCC(O)COCc4ccccc4)cc3O)n2)c(C)c1. The number of aliphatic hydroxyl groups excluding tert-OH is 1. The first-order valence-corrected chi connectivity index (χ1v) is 11.0. The van der Waals surface area contributed by atoms with E-state index >= 15 is 0 Å². The van der Waals surface area contributed by atoms with Crippen LogP contribution in [0.3, 0.4) is 0 Å². The molecule has 1 aromatic heterocycles. The van der Waals surface area contributed by atoms with Crippen LogP contribution in [0.25, 0.3) is 22.8 Å². The molecule has 0 saturated carbocycles. The van der Waals surface area contributed by atoms with Gasteiger partial charge in [0.05, 0.1) is 18.8 Å². The van der Waals surface area contributed by atoms with E-state index in [4.69, 9.17) is 9.47 Å². The Morgan fingerprint density at radius 1 is 0.853 bits per heavy atom. The van der Waals surface area contributed by atoms with Crippen molar-refractivity contribution in [3.63, 3.8) is 0 Å². The maximum absolute atomic E-state index is 10.6. The van der Waals surface area contributed by atoms with E-state index in [0.29, 0.717) is 29.6 Å². The molecule has 4 aromatic rings. The van der Waals surface area contributed by atoms with Gasteiger partial charge in [0.15, 0.2) is 11.6 Å². The van der Waals surface area contributed by atoms with Crippen molar-refractivity contribution in [3.8, 4) is 34.3 Å². The highest BCUT2D eigenvalue weighted by Gasteiger charge is 2.13. The van der Waals surface area contributed by atoms with E-state index in [1.807, 2.05) is 56.3 Å². The van der Waals surface area contributed by atoms with Gasteiger partial charge in [-0.05, 0) is 37.1 Å². The number of rotatable bonds is 9. The lowest BCUT2D eigenvalue weighted by Gasteiger charge is -2.14. The van der Waals surface area contributed by atoms with Gasteiger partial charge >= 0.3 is 0 Å². The summed E-state index contributed by atoms with van der Waals surface area (Å²) in [5.74, 6) is 1.31. The molecule has 0 radical (unpaired) electrons. The van der Waals surface area contributed by atoms with Crippen LogP contribution in [-0.4, -0.2) is 44.5 Å². The Morgan fingerprint density at radius 2 is 1.59 bits per heavy atom. The molecule has 0 spiro atoms. The molecule has 1 atom stereocenters. The van der Waals surface area contributed by atoms with Crippen molar-refractivity contribution in [1.29, 1.82) is 0 Å². The number of nitrogens with zero attached hydrogens (tertiary/aromatic N) is 3. The van der Waals surface area contributed by atoms with Crippen molar-refractivity contribution >= 4 is 0 Å². The second-order valence-electron chi connectivity index (χ2n) is 8.10. The normalized spacial score (nSPS) is 11.9. The topological polar surface area (TPSA) is 97.6 Å². The largest absolute Gasteiger partial charge is 0.507 e. The van der Waals surface area contributed by atoms with E-state index in [0.717, 1.165) is 22.3 Å². The van der Waals surface area contributed by atoms with E-state index < -0.39 is 6.10 Å². The third-order valence-corrected chi connectivity index (χ3v) is 5.27. The molecule has 1 heterocycles. The maximum Gasteiger partial charge on any atom is 0.167 e. The highest BCUT2D eigenvalue weighted by molar-refractivity contribution is 5.68. The van der Waals surface area contributed by atoms with Crippen molar-refractivity contribution in [3.05, 3.63) is 89.7 Å². The molecule has 7 heteroatoms. The van der Waals surface area contributed by atoms with Crippen molar-refractivity contribution in [2.24, 2.45) is 0 Å². The number of phenolic OH excluding ortho intramolecular Hbond substituents is 1. The summed E-state index contributed by atoms with van der Waals surface area (Å²) in [6, 6.07) is 20.7. The van der Waals surface area contributed by atoms with Gasteiger partial charge in [-0.2, -0.15) is 0 Å². The molecule has 4 rings (SSSR count). The number of aliphatic hydroxyl groups is 1. The summed E-state index contributed by atoms with van der Waals surface area (Å²) in [7, 11) is 0. The zero-order chi connectivity index (χ0) is 23.9. The van der Waals surface area contributed by atoms with Crippen LogP contribution >= 0.6 is 0 Å². The van der Waals surface area contributed by atoms with E-state index in [1.54, 1.807) is 12.1 Å². The summed E-state index contributed by atoms with van der Waals surface area (Å²) < 4.78 is 11.2. The molecule has 0 aliphatic carbocycles. The minimum Gasteiger partial charge on any atom is -0.507 e. The fourth-order valence-corrected chi connectivity index (χ4v) is 3.54. The van der Waals surface area contributed by atoms with Crippen LogP contribution in [0.5, 0.6) is 11.5 Å². The Morgan fingerprint density at radius 3 is 2.32 bits per heavy atom. The molecule has 0 aliphatic rings. The first kappa shape index (κ1) is 23.4. The molecule has 34 heavy (non-hydrogen) atoms. The highest BCUT2D eigenvalue weighted by Crippen LogP contribution is 2.31. The quantitative estimate of drug-likeness (QED) is 0.382. The zero-order valence-corrected chi connectivity index (χ0v) is 19.2. The molecule has 0 bridgehead atoms. The molecule has 3 aromatic carbocycles. The second-order valence-corrected chi connectivity index (χ2v) is 8.10. The van der Waals surface area contributed by atoms with Crippen LogP contribution < -0.4 is 4.74 Å². The van der Waals surface area contributed by atoms with Crippen LogP contribution in [0.4, 0.5) is 0 Å². The van der Waals surface area contributed by atoms with E-state index in [9.17, 15) is 10.2 Å². The van der Waals surface area contributed by atoms with Gasteiger partial charge in [0.25, 0.3) is 0 Å². The van der Waals surface area contributed by atoms with Crippen molar-refractivity contribution in [2.75, 3.05) is 13.2 Å². The van der Waals surface area contributed by atoms with Crippen molar-refractivity contribution < 1.29 is 19.7 Å². The van der Waals surface area contributed by atoms with Gasteiger partial charge in [-0.15, -0.1) is 0 Å². The van der Waals surface area contributed by atoms with Crippen LogP contribution in [-0.2, 0) is 11.3 Å². The summed E-state index contributed by atoms with van der Waals surface area (Å²) >= 11 is 0. The van der Waals surface area contributed by atoms with Crippen molar-refractivity contribution in [2.45, 2.75) is 26.6 Å². The molecular weight excluding hydrogens is 430 g/mol. The number of aromatic hydroxyl groups is 1. The minimum atomic E-state index is -0.797. The number of hydrogen-bond donors (Lipinski definition) is 2. The lowest BCUT2D eigenvalue weighted by atomic mass is 10.1. The van der Waals surface area contributed by atoms with Crippen molar-refractivity contribution in [1.82, 2.24) is 15.0 Å². The monoisotopic (exact) mass is 457 g/mol. The van der Waals surface area contributed by atoms with E-state index in [2.05, 4.69) is 21.0 Å². The summed E-state index contributed by atoms with van der Waals surface area (Å²) in [4.78, 5) is 13.1. The molecule has 7 nitrogen and oxygen atoms in total. The number of aromatic nitrogens is 3. The molecule has 174 valence electrons. The second kappa shape index (κ2) is 10.9. The average molecular weight is 458 g/mol. The molecule has 2 N–H and O–H groups in total. The fraction of sp³-hybridized carbons (Fsp3) is 0.222. The molecule has 0 saturated heterocycles. The smallest absolute Gasteiger partial charge is 0.167 e. The summed E-state index contributed by atoms with van der Waals surface area (Å²) in [5, 5.41) is 20.7. The lowest BCUT2D eigenvalue weighted by Crippen LogP contribution is -2.23. The van der Waals surface area contributed by atoms with Gasteiger partial charge in [0.1, 0.15) is 30.5 Å². The Labute approximate surface area is 198 Å². The van der Waals surface area contributed by atoms with Crippen LogP contribution in [0.2, 0.25) is 0 Å². The average Bonchev–Trinajstić information content (AvgIpc) is 2.83. The fourth-order valence-electron chi connectivity index (χ4n) is 3.54. The first-order valence-electron chi connectivity index (χ1n) is 11.0. The molecule has 1 unspecified atom stereocenters. The molecular formula is C27H27N3O4. The Balaban J connectivity index is 1.37. The van der Waals surface area contributed by atoms with E-state index in [1.165, 1.54) is 12.4 Å². The third-order valence-electron chi connectivity index (χ3n) is 5.27. The molecule has 0 fully saturated rings. The van der Waals surface area contributed by atoms with E-state index in [-0.39, 0.29) is 19.0 Å². The number of aryl methyl sites for hydroxylation is 2. The number of hydrogen-bond acceptors (Lipinski definition) is 7. The predicted octanol–water partition coefficient (Wildman–Crippen LogP) is 4.48. The number of benzene rings is 3. The first-order chi connectivity index (χ1) is 16.5. The van der Waals surface area contributed by atoms with Gasteiger partial charge in [0, 0.05) is 11.6 Å². The minimum absolute atomic E-state index is 0.0231. The summed E-state index contributed by atoms with van der Waals surface area (Å²) in [6.45, 7) is 4.65. The van der Waals surface area contributed by atoms with Gasteiger partial charge in [-0.1, -0.05) is 54.1 Å². The highest BCUT2D eigenvalue weighted by atomic mass is 16.5.